The molecule has 0 bridgehead atoms. The van der Waals surface area contributed by atoms with E-state index in [1.165, 1.54) is 40.3 Å². The Balaban J connectivity index is 1.43. The van der Waals surface area contributed by atoms with E-state index >= 15 is 0 Å². The molecule has 1 aromatic heterocycles. The lowest BCUT2D eigenvalue weighted by Gasteiger charge is -2.18. The number of hydrogen-bond acceptors (Lipinski definition) is 3. The molecule has 0 spiro atoms. The van der Waals surface area contributed by atoms with Crippen molar-refractivity contribution in [2.45, 2.75) is 32.6 Å². The summed E-state index contributed by atoms with van der Waals surface area (Å²) in [6.07, 6.45) is 8.90. The molecule has 0 amide bonds. The van der Waals surface area contributed by atoms with Gasteiger partial charge >= 0.3 is 0 Å². The average Bonchev–Trinajstić information content (AvgIpc) is 2.88. The van der Waals surface area contributed by atoms with Crippen molar-refractivity contribution in [3.63, 3.8) is 0 Å². The molecule has 1 saturated carbocycles. The summed E-state index contributed by atoms with van der Waals surface area (Å²) in [4.78, 5) is 13.4. The largest absolute Gasteiger partial charge is 0.226 e. The number of nitrogens with zero attached hydrogens (tertiary/aromatic N) is 3. The molecular weight excluding hydrogens is 438 g/mol. The Labute approximate surface area is 205 Å². The van der Waals surface area contributed by atoms with Gasteiger partial charge in [0.25, 0.3) is 0 Å². The van der Waals surface area contributed by atoms with Crippen molar-refractivity contribution in [1.29, 1.82) is 0 Å². The number of aromatic nitrogens is 3. The van der Waals surface area contributed by atoms with Crippen LogP contribution in [0.2, 0.25) is 5.28 Å². The summed E-state index contributed by atoms with van der Waals surface area (Å²) in [5.41, 5.74) is 6.66. The number of benzene rings is 3. The normalized spacial score (nSPS) is 16.3. The summed E-state index contributed by atoms with van der Waals surface area (Å²) in [7, 11) is 0. The van der Waals surface area contributed by atoms with Gasteiger partial charge in [0.05, 0.1) is 0 Å². The van der Waals surface area contributed by atoms with E-state index in [0.29, 0.717) is 11.6 Å². The van der Waals surface area contributed by atoms with Gasteiger partial charge in [-0.05, 0) is 89.4 Å². The van der Waals surface area contributed by atoms with Crippen LogP contribution in [0.25, 0.3) is 38.9 Å². The van der Waals surface area contributed by atoms with E-state index in [9.17, 15) is 0 Å². The van der Waals surface area contributed by atoms with Crippen LogP contribution < -0.4 is 0 Å². The maximum Gasteiger partial charge on any atom is 0.226 e. The zero-order valence-electron chi connectivity index (χ0n) is 19.3. The highest BCUT2D eigenvalue weighted by atomic mass is 35.5. The highest BCUT2D eigenvalue weighted by molar-refractivity contribution is 6.28. The molecule has 0 unspecified atom stereocenters. The molecule has 1 heterocycles. The molecule has 0 radical (unpaired) electrons. The standard InChI is InChI=1S/C30H26ClN3/c1-3-21-8-4-6-10-25(21)18-20(2)28-32-29(34-30(31)33-28)24-15-12-23(13-16-24)27-17-14-22-9-5-7-11-26(22)19-27/h3,5,7,9,11-19H,2,4,6,8,10H2,1H3/b21-3-,25-18-. The van der Waals surface area contributed by atoms with Gasteiger partial charge in [0, 0.05) is 11.1 Å². The van der Waals surface area contributed by atoms with Gasteiger partial charge in [-0.15, -0.1) is 0 Å². The van der Waals surface area contributed by atoms with Crippen molar-refractivity contribution in [2.24, 2.45) is 0 Å². The quantitative estimate of drug-likeness (QED) is 0.304. The van der Waals surface area contributed by atoms with Crippen molar-refractivity contribution in [1.82, 2.24) is 15.0 Å². The van der Waals surface area contributed by atoms with E-state index in [1.807, 2.05) is 12.1 Å². The van der Waals surface area contributed by atoms with Crippen LogP contribution >= 0.6 is 11.6 Å². The Morgan fingerprint density at radius 3 is 2.24 bits per heavy atom. The van der Waals surface area contributed by atoms with Gasteiger partial charge in [-0.25, -0.2) is 4.98 Å². The monoisotopic (exact) mass is 463 g/mol. The van der Waals surface area contributed by atoms with E-state index in [-0.39, 0.29) is 5.28 Å². The van der Waals surface area contributed by atoms with Crippen LogP contribution in [0.1, 0.15) is 38.4 Å². The van der Waals surface area contributed by atoms with E-state index < -0.39 is 0 Å². The first-order valence-electron chi connectivity index (χ1n) is 11.7. The molecule has 4 aromatic rings. The van der Waals surface area contributed by atoms with E-state index in [2.05, 4.69) is 90.2 Å². The third-order valence-electron chi connectivity index (χ3n) is 6.37. The van der Waals surface area contributed by atoms with Crippen LogP contribution in [0.4, 0.5) is 0 Å². The SMILES string of the molecule is C=C(/C=C1/CCCC/C1=C/C)c1nc(Cl)nc(-c2ccc(-c3ccc4ccccc4c3)cc2)n1. The fourth-order valence-electron chi connectivity index (χ4n) is 4.52. The second-order valence-corrected chi connectivity index (χ2v) is 8.94. The minimum Gasteiger partial charge on any atom is -0.208 e. The van der Waals surface area contributed by atoms with E-state index in [0.717, 1.165) is 29.5 Å². The predicted octanol–water partition coefficient (Wildman–Crippen LogP) is 8.47. The molecule has 0 atom stereocenters. The number of fused-ring (bicyclic) bond motifs is 1. The summed E-state index contributed by atoms with van der Waals surface area (Å²) in [6.45, 7) is 6.32. The van der Waals surface area contributed by atoms with Gasteiger partial charge in [-0.2, -0.15) is 9.97 Å². The first-order chi connectivity index (χ1) is 16.6. The molecule has 4 heteroatoms. The Hall–Kier alpha value is -3.56. The van der Waals surface area contributed by atoms with Crippen LogP contribution in [0.5, 0.6) is 0 Å². The molecule has 3 nitrogen and oxygen atoms in total. The van der Waals surface area contributed by atoms with Crippen molar-refractivity contribution >= 4 is 27.9 Å². The average molecular weight is 464 g/mol. The molecule has 34 heavy (non-hydrogen) atoms. The summed E-state index contributed by atoms with van der Waals surface area (Å²) in [5.74, 6) is 1.07. The smallest absolute Gasteiger partial charge is 0.208 e. The summed E-state index contributed by atoms with van der Waals surface area (Å²) in [6, 6.07) is 23.1. The second kappa shape index (κ2) is 9.74. The Morgan fingerprint density at radius 2 is 1.47 bits per heavy atom. The zero-order chi connectivity index (χ0) is 23.5. The number of allylic oxidation sites excluding steroid dienone is 5. The fourth-order valence-corrected chi connectivity index (χ4v) is 4.69. The molecule has 1 aliphatic carbocycles. The Kier molecular flexibility index (Phi) is 6.37. The lowest BCUT2D eigenvalue weighted by Crippen LogP contribution is -2.02. The first kappa shape index (κ1) is 22.2. The highest BCUT2D eigenvalue weighted by Crippen LogP contribution is 2.31. The molecule has 1 fully saturated rings. The van der Waals surface area contributed by atoms with Gasteiger partial charge in [0.1, 0.15) is 0 Å². The molecule has 0 saturated heterocycles. The van der Waals surface area contributed by atoms with Crippen LogP contribution in [-0.4, -0.2) is 15.0 Å². The molecule has 168 valence electrons. The Morgan fingerprint density at radius 1 is 0.794 bits per heavy atom. The number of halogens is 1. The molecular formula is C30H26ClN3. The fraction of sp³-hybridized carbons (Fsp3) is 0.167. The molecule has 0 N–H and O–H groups in total. The van der Waals surface area contributed by atoms with Gasteiger partial charge in [-0.3, -0.25) is 0 Å². The third kappa shape index (κ3) is 4.71. The second-order valence-electron chi connectivity index (χ2n) is 8.61. The van der Waals surface area contributed by atoms with Crippen LogP contribution in [-0.2, 0) is 0 Å². The number of hydrogen-bond donors (Lipinski definition) is 0. The third-order valence-corrected chi connectivity index (χ3v) is 6.54. The minimum atomic E-state index is 0.174. The lowest BCUT2D eigenvalue weighted by atomic mass is 9.88. The summed E-state index contributed by atoms with van der Waals surface area (Å²) >= 11 is 6.29. The molecule has 5 rings (SSSR count). The van der Waals surface area contributed by atoms with Gasteiger partial charge in [-0.1, -0.05) is 73.3 Å². The highest BCUT2D eigenvalue weighted by Gasteiger charge is 2.14. The van der Waals surface area contributed by atoms with Crippen molar-refractivity contribution < 1.29 is 0 Å². The first-order valence-corrected chi connectivity index (χ1v) is 12.0. The summed E-state index contributed by atoms with van der Waals surface area (Å²) < 4.78 is 0. The van der Waals surface area contributed by atoms with Crippen LogP contribution in [0.15, 0.2) is 96.6 Å². The van der Waals surface area contributed by atoms with E-state index in [4.69, 9.17) is 16.6 Å². The van der Waals surface area contributed by atoms with Crippen LogP contribution in [0.3, 0.4) is 0 Å². The van der Waals surface area contributed by atoms with Gasteiger partial charge < -0.3 is 0 Å². The van der Waals surface area contributed by atoms with Crippen molar-refractivity contribution in [3.05, 3.63) is 108 Å². The topological polar surface area (TPSA) is 38.7 Å². The van der Waals surface area contributed by atoms with Crippen molar-refractivity contribution in [2.75, 3.05) is 0 Å². The van der Waals surface area contributed by atoms with E-state index in [1.54, 1.807) is 0 Å². The predicted molar refractivity (Wildman–Crippen MR) is 143 cm³/mol. The Bertz CT molecular complexity index is 1430. The molecule has 0 aliphatic heterocycles. The maximum absolute atomic E-state index is 6.29. The maximum atomic E-state index is 6.29. The lowest BCUT2D eigenvalue weighted by molar-refractivity contribution is 0.678. The summed E-state index contributed by atoms with van der Waals surface area (Å²) in [5, 5.41) is 2.64. The van der Waals surface area contributed by atoms with Crippen LogP contribution in [0, 0.1) is 0 Å². The zero-order valence-corrected chi connectivity index (χ0v) is 20.0. The number of rotatable bonds is 4. The van der Waals surface area contributed by atoms with Crippen molar-refractivity contribution in [3.8, 4) is 22.5 Å². The molecule has 3 aromatic carbocycles. The molecule has 1 aliphatic rings. The minimum absolute atomic E-state index is 0.174. The van der Waals surface area contributed by atoms with Gasteiger partial charge in [0.15, 0.2) is 11.6 Å². The van der Waals surface area contributed by atoms with Gasteiger partial charge in [0.2, 0.25) is 5.28 Å².